The Bertz CT molecular complexity index is 1730. The lowest BCUT2D eigenvalue weighted by atomic mass is 10.0. The van der Waals surface area contributed by atoms with Gasteiger partial charge in [-0.15, -0.1) is 0 Å². The maximum atomic E-state index is 15.1. The van der Waals surface area contributed by atoms with Gasteiger partial charge in [0.2, 0.25) is 5.91 Å². The zero-order valence-corrected chi connectivity index (χ0v) is 21.1. The SMILES string of the molecule is O=C(N[C@H](Cc1c[nH]c2ccccc12)C(=O)Nc1ccncc1)c1ccc(-c2ccc(C(F)(F)F)c(F)c2)cc1F. The van der Waals surface area contributed by atoms with Crippen LogP contribution in [0.4, 0.5) is 27.6 Å². The first-order valence-corrected chi connectivity index (χ1v) is 12.3. The van der Waals surface area contributed by atoms with Crippen molar-refractivity contribution in [2.75, 3.05) is 5.32 Å². The van der Waals surface area contributed by atoms with Gasteiger partial charge in [0.1, 0.15) is 17.7 Å². The fraction of sp³-hybridized carbons (Fsp3) is 0.100. The van der Waals surface area contributed by atoms with Gasteiger partial charge >= 0.3 is 6.18 Å². The molecule has 11 heteroatoms. The van der Waals surface area contributed by atoms with Gasteiger partial charge in [0.25, 0.3) is 5.91 Å². The first kappa shape index (κ1) is 27.5. The number of nitrogens with zero attached hydrogens (tertiary/aromatic N) is 1. The number of nitrogens with one attached hydrogen (secondary N) is 3. The van der Waals surface area contributed by atoms with Gasteiger partial charge < -0.3 is 15.6 Å². The molecular weight excluding hydrogens is 543 g/mol. The first-order chi connectivity index (χ1) is 19.6. The Hall–Kier alpha value is -5.06. The third kappa shape index (κ3) is 6.08. The largest absolute Gasteiger partial charge is 0.419 e. The van der Waals surface area contributed by atoms with Crippen LogP contribution in [0.5, 0.6) is 0 Å². The van der Waals surface area contributed by atoms with Gasteiger partial charge in [0.05, 0.1) is 11.1 Å². The second kappa shape index (κ2) is 11.2. The molecule has 0 aliphatic carbocycles. The molecule has 0 unspecified atom stereocenters. The number of benzene rings is 3. The van der Waals surface area contributed by atoms with E-state index in [0.717, 1.165) is 34.7 Å². The van der Waals surface area contributed by atoms with Crippen LogP contribution >= 0.6 is 0 Å². The average Bonchev–Trinajstić information content (AvgIpc) is 3.35. The number of rotatable bonds is 7. The molecule has 0 spiro atoms. The van der Waals surface area contributed by atoms with Crippen molar-refractivity contribution in [2.24, 2.45) is 0 Å². The summed E-state index contributed by atoms with van der Waals surface area (Å²) in [4.78, 5) is 33.4. The number of carbonyl (C=O) groups is 2. The number of carbonyl (C=O) groups excluding carboxylic acids is 2. The molecule has 0 aliphatic rings. The molecule has 3 N–H and O–H groups in total. The van der Waals surface area contributed by atoms with Gasteiger partial charge in [-0.05, 0) is 59.2 Å². The molecular formula is C30H21F5N4O2. The van der Waals surface area contributed by atoms with Crippen LogP contribution < -0.4 is 10.6 Å². The standard InChI is InChI=1S/C30H21F5N4O2/c31-24-13-17(18-6-8-23(25(32)14-18)30(33,34)35)5-7-22(24)28(40)39-27(29(41)38-20-9-11-36-12-10-20)15-19-16-37-26-4-2-1-3-21(19)26/h1-14,16,27,37H,15H2,(H,39,40)(H,36,38,41)/t27-/m1/s1. The molecule has 2 aromatic heterocycles. The number of halogens is 5. The molecule has 1 atom stereocenters. The number of aromatic amines is 1. The van der Waals surface area contributed by atoms with E-state index in [1.807, 2.05) is 24.3 Å². The smallest absolute Gasteiger partial charge is 0.361 e. The highest BCUT2D eigenvalue weighted by Gasteiger charge is 2.34. The Labute approximate surface area is 230 Å². The van der Waals surface area contributed by atoms with E-state index in [2.05, 4.69) is 20.6 Å². The van der Waals surface area contributed by atoms with Crippen LogP contribution in [0.3, 0.4) is 0 Å². The minimum atomic E-state index is -4.87. The van der Waals surface area contributed by atoms with E-state index in [4.69, 9.17) is 0 Å². The minimum absolute atomic E-state index is 0.00435. The van der Waals surface area contributed by atoms with E-state index in [-0.39, 0.29) is 17.5 Å². The van der Waals surface area contributed by atoms with Crippen molar-refractivity contribution >= 4 is 28.4 Å². The van der Waals surface area contributed by atoms with Crippen molar-refractivity contribution in [3.63, 3.8) is 0 Å². The number of alkyl halides is 3. The van der Waals surface area contributed by atoms with Gasteiger partial charge in [-0.25, -0.2) is 8.78 Å². The number of amides is 2. The van der Waals surface area contributed by atoms with Gasteiger partial charge in [-0.1, -0.05) is 30.3 Å². The zero-order valence-electron chi connectivity index (χ0n) is 21.1. The van der Waals surface area contributed by atoms with Crippen LogP contribution in [0.15, 0.2) is 91.4 Å². The molecule has 2 amide bonds. The van der Waals surface area contributed by atoms with E-state index in [0.29, 0.717) is 17.8 Å². The monoisotopic (exact) mass is 564 g/mol. The highest BCUT2D eigenvalue weighted by atomic mass is 19.4. The lowest BCUT2D eigenvalue weighted by molar-refractivity contribution is -0.140. The van der Waals surface area contributed by atoms with Crippen molar-refractivity contribution in [3.05, 3.63) is 120 Å². The summed E-state index contributed by atoms with van der Waals surface area (Å²) >= 11 is 0. The predicted molar refractivity (Wildman–Crippen MR) is 143 cm³/mol. The van der Waals surface area contributed by atoms with Crippen LogP contribution in [0.25, 0.3) is 22.0 Å². The molecule has 5 rings (SSSR count). The number of aromatic nitrogens is 2. The summed E-state index contributed by atoms with van der Waals surface area (Å²) < 4.78 is 67.8. The summed E-state index contributed by atoms with van der Waals surface area (Å²) in [5.41, 5.74) is 0.250. The highest BCUT2D eigenvalue weighted by molar-refractivity contribution is 6.02. The molecule has 6 nitrogen and oxygen atoms in total. The minimum Gasteiger partial charge on any atom is -0.361 e. The predicted octanol–water partition coefficient (Wildman–Crippen LogP) is 6.51. The lowest BCUT2D eigenvalue weighted by Gasteiger charge is -2.19. The number of hydrogen-bond acceptors (Lipinski definition) is 3. The molecule has 5 aromatic rings. The fourth-order valence-corrected chi connectivity index (χ4v) is 4.43. The van der Waals surface area contributed by atoms with Crippen molar-refractivity contribution in [3.8, 4) is 11.1 Å². The van der Waals surface area contributed by atoms with Gasteiger partial charge in [-0.2, -0.15) is 13.2 Å². The molecule has 0 radical (unpaired) electrons. The van der Waals surface area contributed by atoms with E-state index >= 15 is 4.39 Å². The summed E-state index contributed by atoms with van der Waals surface area (Å²) in [6, 6.07) is 15.0. The lowest BCUT2D eigenvalue weighted by Crippen LogP contribution is -2.45. The van der Waals surface area contributed by atoms with Crippen molar-refractivity contribution in [1.82, 2.24) is 15.3 Å². The Morgan fingerprint density at radius 1 is 0.878 bits per heavy atom. The Morgan fingerprint density at radius 2 is 1.56 bits per heavy atom. The molecule has 0 saturated heterocycles. The quantitative estimate of drug-likeness (QED) is 0.197. The fourth-order valence-electron chi connectivity index (χ4n) is 4.43. The van der Waals surface area contributed by atoms with Crippen molar-refractivity contribution in [1.29, 1.82) is 0 Å². The van der Waals surface area contributed by atoms with Crippen LogP contribution in [-0.2, 0) is 17.4 Å². The van der Waals surface area contributed by atoms with Gasteiger partial charge in [-0.3, -0.25) is 14.6 Å². The molecule has 0 aliphatic heterocycles. The summed E-state index contributed by atoms with van der Waals surface area (Å²) in [7, 11) is 0. The summed E-state index contributed by atoms with van der Waals surface area (Å²) in [6.45, 7) is 0. The van der Waals surface area contributed by atoms with Gasteiger partial charge in [0.15, 0.2) is 0 Å². The van der Waals surface area contributed by atoms with Crippen LogP contribution in [0, 0.1) is 11.6 Å². The summed E-state index contributed by atoms with van der Waals surface area (Å²) in [6.07, 6.45) is -0.0906. The number of anilines is 1. The third-order valence-electron chi connectivity index (χ3n) is 6.49. The normalized spacial score (nSPS) is 12.2. The average molecular weight is 565 g/mol. The zero-order chi connectivity index (χ0) is 29.1. The molecule has 41 heavy (non-hydrogen) atoms. The second-order valence-corrected chi connectivity index (χ2v) is 9.20. The summed E-state index contributed by atoms with van der Waals surface area (Å²) in [5.74, 6) is -3.94. The molecule has 0 fully saturated rings. The highest BCUT2D eigenvalue weighted by Crippen LogP contribution is 2.34. The molecule has 0 saturated carbocycles. The van der Waals surface area contributed by atoms with Crippen LogP contribution in [0.2, 0.25) is 0 Å². The van der Waals surface area contributed by atoms with Crippen LogP contribution in [0.1, 0.15) is 21.5 Å². The van der Waals surface area contributed by atoms with Crippen molar-refractivity contribution < 1.29 is 31.5 Å². The molecule has 3 aromatic carbocycles. The van der Waals surface area contributed by atoms with E-state index in [1.165, 1.54) is 18.5 Å². The van der Waals surface area contributed by atoms with E-state index in [1.54, 1.807) is 18.3 Å². The van der Waals surface area contributed by atoms with Crippen molar-refractivity contribution in [2.45, 2.75) is 18.6 Å². The maximum Gasteiger partial charge on any atom is 0.419 e. The Morgan fingerprint density at radius 3 is 2.24 bits per heavy atom. The number of H-pyrrole nitrogens is 1. The number of fused-ring (bicyclic) bond motifs is 1. The third-order valence-corrected chi connectivity index (χ3v) is 6.49. The molecule has 2 heterocycles. The van der Waals surface area contributed by atoms with Crippen LogP contribution in [-0.4, -0.2) is 27.8 Å². The topological polar surface area (TPSA) is 86.9 Å². The Balaban J connectivity index is 1.40. The second-order valence-electron chi connectivity index (χ2n) is 9.20. The maximum absolute atomic E-state index is 15.1. The van der Waals surface area contributed by atoms with Gasteiger partial charge in [0, 0.05) is 41.6 Å². The first-order valence-electron chi connectivity index (χ1n) is 12.3. The number of para-hydroxylation sites is 1. The summed E-state index contributed by atoms with van der Waals surface area (Å²) in [5, 5.41) is 6.15. The Kier molecular flexibility index (Phi) is 7.52. The number of hydrogen-bond donors (Lipinski definition) is 3. The molecule has 208 valence electrons. The number of pyridine rings is 1. The van der Waals surface area contributed by atoms with E-state index < -0.39 is 46.8 Å². The molecule has 0 bridgehead atoms. The van der Waals surface area contributed by atoms with E-state index in [9.17, 15) is 27.2 Å².